The molecule has 0 aromatic carbocycles. The maximum absolute atomic E-state index is 10.5. The fourth-order valence-electron chi connectivity index (χ4n) is 0.381. The fourth-order valence-corrected chi connectivity index (χ4v) is 0.651. The Hall–Kier alpha value is -0.440. The molecule has 0 N–H and O–H groups in total. The Labute approximate surface area is 60.3 Å². The van der Waals surface area contributed by atoms with Crippen LogP contribution in [0, 0.1) is 0 Å². The molecule has 0 spiro atoms. The van der Waals surface area contributed by atoms with Crippen molar-refractivity contribution < 1.29 is 9.53 Å². The van der Waals surface area contributed by atoms with Crippen LogP contribution in [-0.4, -0.2) is 18.8 Å². The molecule has 0 aliphatic rings. The molecule has 0 saturated heterocycles. The van der Waals surface area contributed by atoms with Gasteiger partial charge >= 0.3 is 5.97 Å². The second-order valence-corrected chi connectivity index (χ2v) is 2.02. The topological polar surface area (TPSA) is 26.3 Å². The van der Waals surface area contributed by atoms with E-state index in [-0.39, 0.29) is 5.97 Å². The molecule has 0 heterocycles. The van der Waals surface area contributed by atoms with Crippen LogP contribution >= 0.6 is 12.6 Å². The summed E-state index contributed by atoms with van der Waals surface area (Å²) in [4.78, 5) is 10.5. The first-order valence-electron chi connectivity index (χ1n) is 2.59. The van der Waals surface area contributed by atoms with Crippen LogP contribution in [0.2, 0.25) is 0 Å². The van der Waals surface area contributed by atoms with Gasteiger partial charge in [0.05, 0.1) is 7.11 Å². The highest BCUT2D eigenvalue weighted by atomic mass is 32.1. The van der Waals surface area contributed by atoms with Crippen molar-refractivity contribution >= 4 is 18.6 Å². The molecule has 2 nitrogen and oxygen atoms in total. The van der Waals surface area contributed by atoms with Gasteiger partial charge in [0.2, 0.25) is 0 Å². The van der Waals surface area contributed by atoms with E-state index in [0.717, 1.165) is 0 Å². The summed E-state index contributed by atoms with van der Waals surface area (Å²) < 4.78 is 4.39. The Bertz CT molecular complexity index is 120. The van der Waals surface area contributed by atoms with Crippen LogP contribution in [0.3, 0.4) is 0 Å². The number of hydrogen-bond acceptors (Lipinski definition) is 3. The molecule has 0 fully saturated rings. The molecule has 0 aliphatic heterocycles. The standard InChI is InChI=1S/C6H10O2S/c1-5(3-4-9)6(7)8-2/h9H,1,3-4H2,2H3. The number of esters is 1. The molecule has 3 heteroatoms. The van der Waals surface area contributed by atoms with Gasteiger partial charge in [-0.1, -0.05) is 6.58 Å². The lowest BCUT2D eigenvalue weighted by molar-refractivity contribution is -0.136. The number of methoxy groups -OCH3 is 1. The van der Waals surface area contributed by atoms with Crippen LogP contribution in [0.15, 0.2) is 12.2 Å². The molecule has 0 radical (unpaired) electrons. The monoisotopic (exact) mass is 146 g/mol. The Balaban J connectivity index is 3.60. The van der Waals surface area contributed by atoms with E-state index >= 15 is 0 Å². The molecule has 0 atom stereocenters. The third-order valence-corrected chi connectivity index (χ3v) is 1.11. The second kappa shape index (κ2) is 4.44. The van der Waals surface area contributed by atoms with Crippen molar-refractivity contribution in [2.75, 3.05) is 12.9 Å². The quantitative estimate of drug-likeness (QED) is 0.366. The van der Waals surface area contributed by atoms with Gasteiger partial charge in [0.15, 0.2) is 0 Å². The van der Waals surface area contributed by atoms with Crippen LogP contribution < -0.4 is 0 Å². The molecule has 0 rings (SSSR count). The van der Waals surface area contributed by atoms with E-state index in [1.807, 2.05) is 0 Å². The number of hydrogen-bond donors (Lipinski definition) is 1. The predicted octanol–water partition coefficient (Wildman–Crippen LogP) is 1.04. The fraction of sp³-hybridized carbons (Fsp3) is 0.500. The zero-order valence-corrected chi connectivity index (χ0v) is 6.28. The van der Waals surface area contributed by atoms with Gasteiger partial charge in [-0.15, -0.1) is 0 Å². The van der Waals surface area contributed by atoms with Gasteiger partial charge in [0.25, 0.3) is 0 Å². The van der Waals surface area contributed by atoms with Gasteiger partial charge in [-0.25, -0.2) is 4.79 Å². The number of thiol groups is 1. The maximum atomic E-state index is 10.5. The number of carbonyl (C=O) groups excluding carboxylic acids is 1. The summed E-state index contributed by atoms with van der Waals surface area (Å²) in [5.74, 6) is 0.289. The molecule has 52 valence electrons. The number of rotatable bonds is 3. The molecule has 0 saturated carbocycles. The van der Waals surface area contributed by atoms with Crippen LogP contribution in [0.5, 0.6) is 0 Å². The van der Waals surface area contributed by atoms with Crippen molar-refractivity contribution in [1.82, 2.24) is 0 Å². The predicted molar refractivity (Wildman–Crippen MR) is 39.6 cm³/mol. The molecule has 0 amide bonds. The average Bonchev–Trinajstić information content (AvgIpc) is 1.87. The van der Waals surface area contributed by atoms with E-state index < -0.39 is 0 Å². The molecular weight excluding hydrogens is 136 g/mol. The normalized spacial score (nSPS) is 8.67. The van der Waals surface area contributed by atoms with Gasteiger partial charge in [-0.3, -0.25) is 0 Å². The highest BCUT2D eigenvalue weighted by molar-refractivity contribution is 7.80. The van der Waals surface area contributed by atoms with E-state index in [9.17, 15) is 4.79 Å². The molecule has 0 aromatic rings. The first kappa shape index (κ1) is 8.56. The molecule has 0 aromatic heterocycles. The summed E-state index contributed by atoms with van der Waals surface area (Å²) in [6.07, 6.45) is 0.593. The largest absolute Gasteiger partial charge is 0.466 e. The van der Waals surface area contributed by atoms with Crippen LogP contribution in [0.1, 0.15) is 6.42 Å². The van der Waals surface area contributed by atoms with Gasteiger partial charge in [-0.2, -0.15) is 12.6 Å². The van der Waals surface area contributed by atoms with E-state index in [1.165, 1.54) is 7.11 Å². The van der Waals surface area contributed by atoms with E-state index in [2.05, 4.69) is 23.9 Å². The Morgan fingerprint density at radius 3 is 2.67 bits per heavy atom. The van der Waals surface area contributed by atoms with Crippen molar-refractivity contribution in [3.05, 3.63) is 12.2 Å². The molecule has 9 heavy (non-hydrogen) atoms. The van der Waals surface area contributed by atoms with Crippen LogP contribution in [-0.2, 0) is 9.53 Å². The van der Waals surface area contributed by atoms with E-state index in [1.54, 1.807) is 0 Å². The highest BCUT2D eigenvalue weighted by Crippen LogP contribution is 2.00. The lowest BCUT2D eigenvalue weighted by Gasteiger charge is -1.98. The van der Waals surface area contributed by atoms with E-state index in [4.69, 9.17) is 0 Å². The van der Waals surface area contributed by atoms with Crippen molar-refractivity contribution in [3.63, 3.8) is 0 Å². The van der Waals surface area contributed by atoms with Gasteiger partial charge in [-0.05, 0) is 12.2 Å². The van der Waals surface area contributed by atoms with Crippen molar-refractivity contribution in [2.45, 2.75) is 6.42 Å². The van der Waals surface area contributed by atoms with Gasteiger partial charge in [0, 0.05) is 5.57 Å². The second-order valence-electron chi connectivity index (χ2n) is 1.57. The lowest BCUT2D eigenvalue weighted by atomic mass is 10.2. The number of ether oxygens (including phenoxy) is 1. The summed E-state index contributed by atoms with van der Waals surface area (Å²) >= 11 is 3.92. The first-order valence-corrected chi connectivity index (χ1v) is 3.22. The smallest absolute Gasteiger partial charge is 0.333 e. The zero-order chi connectivity index (χ0) is 7.28. The molecule has 0 aliphatic carbocycles. The van der Waals surface area contributed by atoms with Gasteiger partial charge in [0.1, 0.15) is 0 Å². The summed E-state index contributed by atoms with van der Waals surface area (Å²) in [6, 6.07) is 0. The third-order valence-electron chi connectivity index (χ3n) is 0.888. The lowest BCUT2D eigenvalue weighted by Crippen LogP contribution is -2.03. The molecule has 0 unspecified atom stereocenters. The minimum atomic E-state index is -0.343. The molecular formula is C6H10O2S. The first-order chi connectivity index (χ1) is 4.22. The average molecular weight is 146 g/mol. The summed E-state index contributed by atoms with van der Waals surface area (Å²) in [7, 11) is 1.34. The van der Waals surface area contributed by atoms with Crippen LogP contribution in [0.4, 0.5) is 0 Å². The maximum Gasteiger partial charge on any atom is 0.333 e. The summed E-state index contributed by atoms with van der Waals surface area (Å²) in [6.45, 7) is 3.49. The summed E-state index contributed by atoms with van der Waals surface area (Å²) in [5.41, 5.74) is 0.479. The van der Waals surface area contributed by atoms with Crippen molar-refractivity contribution in [2.24, 2.45) is 0 Å². The zero-order valence-electron chi connectivity index (χ0n) is 5.39. The minimum absolute atomic E-state index is 0.343. The highest BCUT2D eigenvalue weighted by Gasteiger charge is 2.03. The van der Waals surface area contributed by atoms with Crippen LogP contribution in [0.25, 0.3) is 0 Å². The third kappa shape index (κ3) is 3.19. The minimum Gasteiger partial charge on any atom is -0.466 e. The van der Waals surface area contributed by atoms with E-state index in [0.29, 0.717) is 17.7 Å². The molecule has 0 bridgehead atoms. The Kier molecular flexibility index (Phi) is 4.22. The summed E-state index contributed by atoms with van der Waals surface area (Å²) in [5, 5.41) is 0. The Morgan fingerprint density at radius 1 is 1.78 bits per heavy atom. The van der Waals surface area contributed by atoms with Crippen molar-refractivity contribution in [1.29, 1.82) is 0 Å². The number of carbonyl (C=O) groups is 1. The van der Waals surface area contributed by atoms with Crippen molar-refractivity contribution in [3.8, 4) is 0 Å². The SMILES string of the molecule is C=C(CCS)C(=O)OC. The van der Waals surface area contributed by atoms with Gasteiger partial charge < -0.3 is 4.74 Å². The Morgan fingerprint density at radius 2 is 2.33 bits per heavy atom.